The highest BCUT2D eigenvalue weighted by Crippen LogP contribution is 2.18. The maximum absolute atomic E-state index is 11.2. The van der Waals surface area contributed by atoms with E-state index in [9.17, 15) is 8.42 Å². The van der Waals surface area contributed by atoms with Crippen LogP contribution in [-0.4, -0.2) is 60.8 Å². The molecule has 1 heterocycles. The summed E-state index contributed by atoms with van der Waals surface area (Å²) in [6, 6.07) is 0. The second kappa shape index (κ2) is 5.60. The topological polar surface area (TPSA) is 40.6 Å². The summed E-state index contributed by atoms with van der Waals surface area (Å²) in [4.78, 5) is 0. The molecule has 0 bridgehead atoms. The van der Waals surface area contributed by atoms with Crippen LogP contribution < -0.4 is 0 Å². The Bertz CT molecular complexity index is 260. The highest BCUT2D eigenvalue weighted by molar-refractivity contribution is 8.14. The second-order valence-electron chi connectivity index (χ2n) is 3.13. The number of piperazine rings is 1. The molecule has 0 aliphatic carbocycles. The molecule has 4 nitrogen and oxygen atoms in total. The van der Waals surface area contributed by atoms with Gasteiger partial charge in [-0.05, 0) is 6.26 Å². The van der Waals surface area contributed by atoms with Crippen LogP contribution in [0.2, 0.25) is 0 Å². The molecule has 0 N–H and O–H groups in total. The summed E-state index contributed by atoms with van der Waals surface area (Å²) in [5.74, 6) is 0. The van der Waals surface area contributed by atoms with Crippen LogP contribution in [0.25, 0.3) is 0 Å². The van der Waals surface area contributed by atoms with E-state index in [1.54, 1.807) is 28.0 Å². The second-order valence-corrected chi connectivity index (χ2v) is 7.40. The predicted molar refractivity (Wildman–Crippen MR) is 64.0 cm³/mol. The van der Waals surface area contributed by atoms with Crippen molar-refractivity contribution in [3.8, 4) is 0 Å². The predicted octanol–water partition coefficient (Wildman–Crippen LogP) is 0.532. The third-order valence-corrected chi connectivity index (χ3v) is 5.42. The molecular weight excluding hydrogens is 240 g/mol. The number of nitrogens with zero attached hydrogens (tertiary/aromatic N) is 2. The van der Waals surface area contributed by atoms with Gasteiger partial charge in [0.05, 0.1) is 11.3 Å². The molecule has 0 unspecified atom stereocenters. The van der Waals surface area contributed by atoms with Gasteiger partial charge in [0.25, 0.3) is 0 Å². The van der Waals surface area contributed by atoms with Crippen LogP contribution >= 0.6 is 23.7 Å². The third kappa shape index (κ3) is 3.98. The molecule has 0 aromatic heterocycles. The number of thioether (sulfide) groups is 1. The van der Waals surface area contributed by atoms with Crippen molar-refractivity contribution in [3.63, 3.8) is 0 Å². The first-order valence-corrected chi connectivity index (χ1v) is 8.54. The molecule has 0 amide bonds. The van der Waals surface area contributed by atoms with Crippen molar-refractivity contribution >= 4 is 33.7 Å². The summed E-state index contributed by atoms with van der Waals surface area (Å²) in [7, 11) is -2.98. The average Bonchev–Trinajstić information content (AvgIpc) is 2.14. The first-order chi connectivity index (χ1) is 6.54. The fraction of sp³-hybridized carbons (Fsp3) is 1.00. The van der Waals surface area contributed by atoms with E-state index >= 15 is 0 Å². The van der Waals surface area contributed by atoms with Crippen molar-refractivity contribution in [2.24, 2.45) is 0 Å². The van der Waals surface area contributed by atoms with Crippen LogP contribution in [0.1, 0.15) is 0 Å². The first-order valence-electron chi connectivity index (χ1n) is 4.36. The maximum atomic E-state index is 11.2. The van der Waals surface area contributed by atoms with Crippen LogP contribution in [0.5, 0.6) is 0 Å². The van der Waals surface area contributed by atoms with Crippen LogP contribution in [0.15, 0.2) is 0 Å². The highest BCUT2D eigenvalue weighted by atomic mass is 32.2. The molecule has 1 aliphatic heterocycles. The first kappa shape index (κ1) is 12.6. The Morgan fingerprint density at radius 1 is 1.21 bits per heavy atom. The molecule has 0 aromatic rings. The van der Waals surface area contributed by atoms with Gasteiger partial charge in [0, 0.05) is 26.2 Å². The maximum Gasteiger partial charge on any atom is 0.211 e. The summed E-state index contributed by atoms with van der Waals surface area (Å²) in [6.07, 6.45) is 3.34. The summed E-state index contributed by atoms with van der Waals surface area (Å²) in [5, 5.41) is 1.04. The molecule has 1 fully saturated rings. The Hall–Kier alpha value is 0.570. The Labute approximate surface area is 94.6 Å². The zero-order chi connectivity index (χ0) is 10.6. The van der Waals surface area contributed by atoms with Crippen LogP contribution in [0.3, 0.4) is 0 Å². The van der Waals surface area contributed by atoms with Gasteiger partial charge in [0.15, 0.2) is 0 Å². The zero-order valence-electron chi connectivity index (χ0n) is 8.47. The largest absolute Gasteiger partial charge is 0.247 e. The van der Waals surface area contributed by atoms with Crippen molar-refractivity contribution in [2.45, 2.75) is 0 Å². The van der Waals surface area contributed by atoms with Gasteiger partial charge < -0.3 is 0 Å². The van der Waals surface area contributed by atoms with Crippen molar-refractivity contribution in [1.29, 1.82) is 0 Å². The molecule has 84 valence electrons. The van der Waals surface area contributed by atoms with Gasteiger partial charge in [-0.15, -0.1) is 0 Å². The van der Waals surface area contributed by atoms with Crippen molar-refractivity contribution < 1.29 is 8.42 Å². The Morgan fingerprint density at radius 2 is 1.79 bits per heavy atom. The van der Waals surface area contributed by atoms with Gasteiger partial charge in [-0.2, -0.15) is 16.1 Å². The van der Waals surface area contributed by atoms with Crippen molar-refractivity contribution in [1.82, 2.24) is 8.61 Å². The number of hydrogen-bond donors (Lipinski definition) is 0. The van der Waals surface area contributed by atoms with E-state index < -0.39 is 10.0 Å². The third-order valence-electron chi connectivity index (χ3n) is 2.02. The standard InChI is InChI=1S/C7H16N2O2S3/c1-12-7-13-8-3-5-9(6-4-8)14(2,10)11/h3-7H2,1-2H3. The Morgan fingerprint density at radius 3 is 2.21 bits per heavy atom. The fourth-order valence-corrected chi connectivity index (χ4v) is 3.52. The van der Waals surface area contributed by atoms with Crippen LogP contribution in [0, 0.1) is 0 Å². The fourth-order valence-electron chi connectivity index (χ4n) is 1.26. The van der Waals surface area contributed by atoms with Crippen LogP contribution in [-0.2, 0) is 10.0 Å². The van der Waals surface area contributed by atoms with E-state index in [-0.39, 0.29) is 0 Å². The quantitative estimate of drug-likeness (QED) is 0.542. The highest BCUT2D eigenvalue weighted by Gasteiger charge is 2.23. The normalized spacial score (nSPS) is 21.3. The Balaban J connectivity index is 2.31. The molecule has 0 atom stereocenters. The lowest BCUT2D eigenvalue weighted by molar-refractivity contribution is 0.291. The van der Waals surface area contributed by atoms with E-state index in [0.717, 1.165) is 18.2 Å². The smallest absolute Gasteiger partial charge is 0.211 e. The molecule has 0 radical (unpaired) electrons. The van der Waals surface area contributed by atoms with E-state index in [2.05, 4.69) is 10.6 Å². The molecule has 1 aliphatic rings. The zero-order valence-corrected chi connectivity index (χ0v) is 10.9. The summed E-state index contributed by atoms with van der Waals surface area (Å²) >= 11 is 3.58. The van der Waals surface area contributed by atoms with Gasteiger partial charge >= 0.3 is 0 Å². The monoisotopic (exact) mass is 256 g/mol. The summed E-state index contributed by atoms with van der Waals surface area (Å²) < 4.78 is 26.2. The molecule has 0 aromatic carbocycles. The average molecular weight is 256 g/mol. The SMILES string of the molecule is CSCSN1CCN(S(C)(=O)=O)CC1. The minimum Gasteiger partial charge on any atom is -0.247 e. The van der Waals surface area contributed by atoms with E-state index in [1.807, 2.05) is 0 Å². The lowest BCUT2D eigenvalue weighted by atomic mass is 10.4. The molecule has 0 spiro atoms. The van der Waals surface area contributed by atoms with Gasteiger partial charge in [-0.25, -0.2) is 12.7 Å². The van der Waals surface area contributed by atoms with Gasteiger partial charge in [-0.3, -0.25) is 0 Å². The number of hydrogen-bond acceptors (Lipinski definition) is 5. The summed E-state index contributed by atoms with van der Waals surface area (Å²) in [6.45, 7) is 2.91. The molecule has 1 rings (SSSR count). The molecule has 0 saturated carbocycles. The van der Waals surface area contributed by atoms with E-state index in [0.29, 0.717) is 13.1 Å². The van der Waals surface area contributed by atoms with E-state index in [4.69, 9.17) is 0 Å². The minimum absolute atomic E-state index is 0.625. The number of rotatable bonds is 4. The Kier molecular flexibility index (Phi) is 5.05. The van der Waals surface area contributed by atoms with Crippen molar-refractivity contribution in [3.05, 3.63) is 0 Å². The number of sulfonamides is 1. The van der Waals surface area contributed by atoms with E-state index in [1.165, 1.54) is 6.26 Å². The van der Waals surface area contributed by atoms with Crippen molar-refractivity contribution in [2.75, 3.05) is 43.8 Å². The van der Waals surface area contributed by atoms with Gasteiger partial charge in [-0.1, -0.05) is 11.9 Å². The lowest BCUT2D eigenvalue weighted by Crippen LogP contribution is -2.45. The molecule has 7 heteroatoms. The van der Waals surface area contributed by atoms with Crippen LogP contribution in [0.4, 0.5) is 0 Å². The summed E-state index contributed by atoms with van der Waals surface area (Å²) in [5.41, 5.74) is 0. The van der Waals surface area contributed by atoms with Gasteiger partial charge in [0.1, 0.15) is 0 Å². The minimum atomic E-state index is -2.98. The van der Waals surface area contributed by atoms with Gasteiger partial charge in [0.2, 0.25) is 10.0 Å². The lowest BCUT2D eigenvalue weighted by Gasteiger charge is -2.32. The molecular formula is C7H16N2O2S3. The molecule has 1 saturated heterocycles. The molecule has 14 heavy (non-hydrogen) atoms.